The van der Waals surface area contributed by atoms with Crippen LogP contribution in [0.25, 0.3) is 11.3 Å². The van der Waals surface area contributed by atoms with Gasteiger partial charge < -0.3 is 30.9 Å². The van der Waals surface area contributed by atoms with Gasteiger partial charge in [0.05, 0.1) is 30.0 Å². The van der Waals surface area contributed by atoms with Crippen molar-refractivity contribution in [2.45, 2.75) is 44.7 Å². The van der Waals surface area contributed by atoms with Gasteiger partial charge >= 0.3 is 0 Å². The lowest BCUT2D eigenvalue weighted by Gasteiger charge is -2.38. The van der Waals surface area contributed by atoms with E-state index in [2.05, 4.69) is 26.7 Å². The Kier molecular flexibility index (Phi) is 6.78. The first-order chi connectivity index (χ1) is 16.2. The second-order valence-electron chi connectivity index (χ2n) is 10.2. The molecule has 0 unspecified atom stereocenters. The average molecular weight is 504 g/mol. The van der Waals surface area contributed by atoms with Crippen LogP contribution in [-0.2, 0) is 16.0 Å². The van der Waals surface area contributed by atoms with Gasteiger partial charge in [-0.2, -0.15) is 4.98 Å². The van der Waals surface area contributed by atoms with Crippen molar-refractivity contribution in [1.29, 1.82) is 0 Å². The van der Waals surface area contributed by atoms with E-state index in [1.165, 1.54) is 0 Å². The van der Waals surface area contributed by atoms with Crippen molar-refractivity contribution in [3.05, 3.63) is 18.0 Å². The number of rotatable bonds is 4. The van der Waals surface area contributed by atoms with Crippen LogP contribution in [0.5, 0.6) is 0 Å². The number of morpholine rings is 1. The number of anilines is 3. The Hall–Kier alpha value is -2.76. The summed E-state index contributed by atoms with van der Waals surface area (Å²) < 4.78 is 5.53. The normalized spacial score (nSPS) is 22.2. The third-order valence-corrected chi connectivity index (χ3v) is 7.00. The Morgan fingerprint density at radius 3 is 2.46 bits per heavy atom. The fourth-order valence-corrected chi connectivity index (χ4v) is 5.12. The third-order valence-electron chi connectivity index (χ3n) is 7.00. The molecule has 12 heteroatoms. The summed E-state index contributed by atoms with van der Waals surface area (Å²) in [5, 5.41) is 0. The molecule has 190 valence electrons. The van der Waals surface area contributed by atoms with E-state index < -0.39 is 5.54 Å². The van der Waals surface area contributed by atoms with Gasteiger partial charge in [0, 0.05) is 56.2 Å². The van der Waals surface area contributed by atoms with Crippen LogP contribution in [0.3, 0.4) is 0 Å². The molecule has 0 bridgehead atoms. The standard InChI is InChI=1S/C23H33N9O2.ClH/c1-22(2,25)19(33)31-7-5-23(3,14-31)32-6-4-16-17(15-12-26-20(24)27-13-15)28-21(29-18(16)32)30-8-10-34-11-9-30;/h12-13H,4-11,14,25H2,1-3H3,(H2,24,26,27);1H/t23-;/m1./s1. The van der Waals surface area contributed by atoms with Crippen LogP contribution in [0.2, 0.25) is 0 Å². The molecule has 0 aromatic carbocycles. The Bertz CT molecular complexity index is 1090. The zero-order valence-corrected chi connectivity index (χ0v) is 21.3. The van der Waals surface area contributed by atoms with E-state index in [4.69, 9.17) is 26.2 Å². The Balaban J connectivity index is 0.00000289. The van der Waals surface area contributed by atoms with E-state index in [1.807, 2.05) is 4.90 Å². The second-order valence-corrected chi connectivity index (χ2v) is 10.2. The number of amides is 1. The largest absolute Gasteiger partial charge is 0.378 e. The Morgan fingerprint density at radius 2 is 1.80 bits per heavy atom. The molecule has 0 saturated carbocycles. The minimum Gasteiger partial charge on any atom is -0.378 e. The molecule has 1 amide bonds. The number of likely N-dealkylation sites (tertiary alicyclic amines) is 1. The lowest BCUT2D eigenvalue weighted by molar-refractivity contribution is -0.134. The number of fused-ring (bicyclic) bond motifs is 1. The maximum atomic E-state index is 12.9. The predicted molar refractivity (Wildman–Crippen MR) is 137 cm³/mol. The van der Waals surface area contributed by atoms with Gasteiger partial charge in [0.25, 0.3) is 0 Å². The van der Waals surface area contributed by atoms with Crippen molar-refractivity contribution < 1.29 is 9.53 Å². The summed E-state index contributed by atoms with van der Waals surface area (Å²) in [5.74, 6) is 1.81. The van der Waals surface area contributed by atoms with Crippen LogP contribution < -0.4 is 21.3 Å². The van der Waals surface area contributed by atoms with Gasteiger partial charge in [-0.1, -0.05) is 0 Å². The van der Waals surface area contributed by atoms with Crippen LogP contribution >= 0.6 is 12.4 Å². The highest BCUT2D eigenvalue weighted by Gasteiger charge is 2.46. The van der Waals surface area contributed by atoms with Crippen LogP contribution in [0.4, 0.5) is 17.7 Å². The van der Waals surface area contributed by atoms with Crippen molar-refractivity contribution in [2.75, 3.05) is 61.5 Å². The molecule has 35 heavy (non-hydrogen) atoms. The van der Waals surface area contributed by atoms with Gasteiger partial charge in [0.1, 0.15) is 5.82 Å². The number of carbonyl (C=O) groups excluding carboxylic acids is 1. The predicted octanol–water partition coefficient (Wildman–Crippen LogP) is 0.865. The molecule has 2 aromatic heterocycles. The molecule has 2 saturated heterocycles. The lowest BCUT2D eigenvalue weighted by atomic mass is 9.99. The SMILES string of the molecule is CC(C)(N)C(=O)N1CC[C@@](C)(N2CCc3c(-c4cnc(N)nc4)nc(N4CCOCC4)nc32)C1.Cl. The van der Waals surface area contributed by atoms with Crippen molar-refractivity contribution in [3.63, 3.8) is 0 Å². The van der Waals surface area contributed by atoms with E-state index in [0.717, 1.165) is 55.1 Å². The number of carbonyl (C=O) groups is 1. The summed E-state index contributed by atoms with van der Waals surface area (Å²) in [6, 6.07) is 0. The van der Waals surface area contributed by atoms with Crippen LogP contribution in [0, 0.1) is 0 Å². The molecular formula is C23H34ClN9O2. The van der Waals surface area contributed by atoms with Crippen molar-refractivity contribution >= 4 is 36.0 Å². The number of ether oxygens (including phenoxy) is 1. The van der Waals surface area contributed by atoms with Gasteiger partial charge in [0.15, 0.2) is 0 Å². The summed E-state index contributed by atoms with van der Waals surface area (Å²) in [6.07, 6.45) is 5.10. The zero-order chi connectivity index (χ0) is 24.1. The van der Waals surface area contributed by atoms with Crippen molar-refractivity contribution in [2.24, 2.45) is 5.73 Å². The molecule has 11 nitrogen and oxygen atoms in total. The van der Waals surface area contributed by atoms with Crippen molar-refractivity contribution in [3.8, 4) is 11.3 Å². The first-order valence-corrected chi connectivity index (χ1v) is 11.8. The first kappa shape index (κ1) is 25.3. The number of hydrogen-bond donors (Lipinski definition) is 2. The smallest absolute Gasteiger partial charge is 0.242 e. The summed E-state index contributed by atoms with van der Waals surface area (Å²) in [7, 11) is 0. The first-order valence-electron chi connectivity index (χ1n) is 11.8. The molecule has 2 fully saturated rings. The highest BCUT2D eigenvalue weighted by Crippen LogP contribution is 2.41. The Labute approximate surface area is 211 Å². The summed E-state index contributed by atoms with van der Waals surface area (Å²) in [6.45, 7) is 10.6. The van der Waals surface area contributed by atoms with Gasteiger partial charge in [-0.3, -0.25) is 4.79 Å². The average Bonchev–Trinajstić information content (AvgIpc) is 3.43. The van der Waals surface area contributed by atoms with Gasteiger partial charge in [-0.15, -0.1) is 12.4 Å². The lowest BCUT2D eigenvalue weighted by Crippen LogP contribution is -2.53. The summed E-state index contributed by atoms with van der Waals surface area (Å²) in [4.78, 5) is 37.7. The van der Waals surface area contributed by atoms with E-state index >= 15 is 0 Å². The Morgan fingerprint density at radius 1 is 1.11 bits per heavy atom. The van der Waals surface area contributed by atoms with Crippen molar-refractivity contribution in [1.82, 2.24) is 24.8 Å². The summed E-state index contributed by atoms with van der Waals surface area (Å²) >= 11 is 0. The molecule has 3 aliphatic rings. The molecule has 0 radical (unpaired) electrons. The molecule has 3 aliphatic heterocycles. The topological polar surface area (TPSA) is 140 Å². The fourth-order valence-electron chi connectivity index (χ4n) is 5.12. The van der Waals surface area contributed by atoms with Crippen LogP contribution in [0.1, 0.15) is 32.8 Å². The number of aromatic nitrogens is 4. The number of nitrogens with zero attached hydrogens (tertiary/aromatic N) is 7. The quantitative estimate of drug-likeness (QED) is 0.617. The van der Waals surface area contributed by atoms with Gasteiger partial charge in [-0.05, 0) is 33.6 Å². The zero-order valence-electron chi connectivity index (χ0n) is 20.5. The summed E-state index contributed by atoms with van der Waals surface area (Å²) in [5.41, 5.74) is 13.5. The number of halogens is 1. The van der Waals surface area contributed by atoms with E-state index in [1.54, 1.807) is 26.2 Å². The molecule has 1 atom stereocenters. The highest BCUT2D eigenvalue weighted by atomic mass is 35.5. The maximum absolute atomic E-state index is 12.9. The second kappa shape index (κ2) is 9.36. The van der Waals surface area contributed by atoms with E-state index in [-0.39, 0.29) is 29.8 Å². The van der Waals surface area contributed by atoms with Gasteiger partial charge in [0.2, 0.25) is 17.8 Å². The number of nitrogen functional groups attached to an aromatic ring is 1. The molecule has 5 heterocycles. The van der Waals surface area contributed by atoms with E-state index in [9.17, 15) is 4.79 Å². The minimum absolute atomic E-state index is 0. The van der Waals surface area contributed by atoms with Crippen LogP contribution in [-0.4, -0.2) is 87.8 Å². The molecule has 4 N–H and O–H groups in total. The monoisotopic (exact) mass is 503 g/mol. The van der Waals surface area contributed by atoms with E-state index in [0.29, 0.717) is 32.3 Å². The molecule has 2 aromatic rings. The fraction of sp³-hybridized carbons (Fsp3) is 0.609. The number of hydrogen-bond acceptors (Lipinski definition) is 10. The molecule has 5 rings (SSSR count). The highest BCUT2D eigenvalue weighted by molar-refractivity contribution is 5.86. The molecule has 0 spiro atoms. The maximum Gasteiger partial charge on any atom is 0.242 e. The van der Waals surface area contributed by atoms with Gasteiger partial charge in [-0.25, -0.2) is 15.0 Å². The third kappa shape index (κ3) is 4.72. The van der Waals surface area contributed by atoms with Crippen LogP contribution in [0.15, 0.2) is 12.4 Å². The number of nitrogens with two attached hydrogens (primary N) is 2. The minimum atomic E-state index is -0.887. The molecular weight excluding hydrogens is 470 g/mol. The molecule has 0 aliphatic carbocycles.